The van der Waals surface area contributed by atoms with Crippen molar-refractivity contribution in [1.29, 1.82) is 0 Å². The number of hydrogen-bond donors (Lipinski definition) is 3. The van der Waals surface area contributed by atoms with Crippen LogP contribution in [0.4, 0.5) is 4.79 Å². The Kier molecular flexibility index (Phi) is 5.60. The number of rotatable bonds is 5. The highest BCUT2D eigenvalue weighted by Gasteiger charge is 2.28. The van der Waals surface area contributed by atoms with E-state index in [1.807, 2.05) is 6.92 Å². The standard InChI is InChI=1S/C13H25N3O3/c1-3-6-13(2,19)9-15-11(17)10-5-4-7-16(8-10)12(14)18/h10,19H,3-9H2,1-2H3,(H2,14,18)(H,15,17). The molecule has 1 saturated heterocycles. The van der Waals surface area contributed by atoms with Crippen LogP contribution in [0.3, 0.4) is 0 Å². The Balaban J connectivity index is 2.43. The molecule has 19 heavy (non-hydrogen) atoms. The van der Waals surface area contributed by atoms with Gasteiger partial charge in [-0.2, -0.15) is 0 Å². The lowest BCUT2D eigenvalue weighted by Crippen LogP contribution is -2.49. The van der Waals surface area contributed by atoms with Gasteiger partial charge in [-0.05, 0) is 26.2 Å². The van der Waals surface area contributed by atoms with Crippen LogP contribution in [-0.4, -0.2) is 47.2 Å². The van der Waals surface area contributed by atoms with Crippen molar-refractivity contribution in [3.63, 3.8) is 0 Å². The molecule has 1 aliphatic rings. The molecule has 1 fully saturated rings. The molecule has 0 aromatic heterocycles. The fourth-order valence-corrected chi connectivity index (χ4v) is 2.44. The van der Waals surface area contributed by atoms with Gasteiger partial charge in [0.05, 0.1) is 11.5 Å². The summed E-state index contributed by atoms with van der Waals surface area (Å²) in [6, 6.07) is -0.476. The lowest BCUT2D eigenvalue weighted by atomic mass is 9.96. The summed E-state index contributed by atoms with van der Waals surface area (Å²) in [4.78, 5) is 24.6. The van der Waals surface area contributed by atoms with Crippen molar-refractivity contribution in [2.75, 3.05) is 19.6 Å². The number of amides is 3. The van der Waals surface area contributed by atoms with E-state index >= 15 is 0 Å². The summed E-state index contributed by atoms with van der Waals surface area (Å²) in [6.45, 7) is 4.94. The fourth-order valence-electron chi connectivity index (χ4n) is 2.44. The molecule has 0 bridgehead atoms. The molecule has 0 aromatic carbocycles. The highest BCUT2D eigenvalue weighted by atomic mass is 16.3. The molecule has 4 N–H and O–H groups in total. The number of carbonyl (C=O) groups excluding carboxylic acids is 2. The second kappa shape index (κ2) is 6.75. The lowest BCUT2D eigenvalue weighted by molar-refractivity contribution is -0.127. The minimum absolute atomic E-state index is 0.109. The number of likely N-dealkylation sites (tertiary alicyclic amines) is 1. The number of nitrogens with zero attached hydrogens (tertiary/aromatic N) is 1. The van der Waals surface area contributed by atoms with Gasteiger partial charge >= 0.3 is 6.03 Å². The predicted octanol–water partition coefficient (Wildman–Crippen LogP) is 0.444. The normalized spacial score (nSPS) is 22.7. The van der Waals surface area contributed by atoms with Gasteiger partial charge in [0.25, 0.3) is 0 Å². The topological polar surface area (TPSA) is 95.7 Å². The van der Waals surface area contributed by atoms with Crippen LogP contribution >= 0.6 is 0 Å². The van der Waals surface area contributed by atoms with Crippen LogP contribution in [0.15, 0.2) is 0 Å². The van der Waals surface area contributed by atoms with Gasteiger partial charge in [0.2, 0.25) is 5.91 Å². The van der Waals surface area contributed by atoms with E-state index in [9.17, 15) is 14.7 Å². The third-order valence-corrected chi connectivity index (χ3v) is 3.54. The molecule has 6 nitrogen and oxygen atoms in total. The molecule has 1 rings (SSSR count). The zero-order valence-electron chi connectivity index (χ0n) is 11.8. The zero-order valence-corrected chi connectivity index (χ0v) is 11.8. The van der Waals surface area contributed by atoms with Gasteiger partial charge in [0.15, 0.2) is 0 Å². The summed E-state index contributed by atoms with van der Waals surface area (Å²) < 4.78 is 0. The number of aliphatic hydroxyl groups is 1. The van der Waals surface area contributed by atoms with Crippen LogP contribution in [0.25, 0.3) is 0 Å². The molecule has 2 atom stereocenters. The highest BCUT2D eigenvalue weighted by molar-refractivity contribution is 5.80. The largest absolute Gasteiger partial charge is 0.388 e. The van der Waals surface area contributed by atoms with E-state index in [-0.39, 0.29) is 18.4 Å². The Labute approximate surface area is 114 Å². The molecule has 1 aliphatic heterocycles. The SMILES string of the molecule is CCCC(C)(O)CNC(=O)C1CCCN(C(N)=O)C1. The maximum atomic E-state index is 12.0. The van der Waals surface area contributed by atoms with E-state index in [1.165, 1.54) is 4.90 Å². The summed E-state index contributed by atoms with van der Waals surface area (Å²) in [7, 11) is 0. The van der Waals surface area contributed by atoms with Gasteiger partial charge in [-0.1, -0.05) is 13.3 Å². The quantitative estimate of drug-likeness (QED) is 0.677. The summed E-state index contributed by atoms with van der Waals surface area (Å²) in [5, 5.41) is 12.8. The molecule has 0 saturated carbocycles. The average molecular weight is 271 g/mol. The maximum absolute atomic E-state index is 12.0. The third-order valence-electron chi connectivity index (χ3n) is 3.54. The molecule has 0 aromatic rings. The van der Waals surface area contributed by atoms with Crippen molar-refractivity contribution in [3.05, 3.63) is 0 Å². The summed E-state index contributed by atoms with van der Waals surface area (Å²) in [5.74, 6) is -0.332. The number of hydrogen-bond acceptors (Lipinski definition) is 3. The van der Waals surface area contributed by atoms with E-state index in [1.54, 1.807) is 6.92 Å². The monoisotopic (exact) mass is 271 g/mol. The van der Waals surface area contributed by atoms with E-state index in [2.05, 4.69) is 5.32 Å². The van der Waals surface area contributed by atoms with E-state index in [0.717, 1.165) is 19.3 Å². The van der Waals surface area contributed by atoms with Crippen LogP contribution < -0.4 is 11.1 Å². The van der Waals surface area contributed by atoms with Crippen LogP contribution in [-0.2, 0) is 4.79 Å². The number of carbonyl (C=O) groups is 2. The Hall–Kier alpha value is -1.30. The number of piperidine rings is 1. The van der Waals surface area contributed by atoms with Gasteiger partial charge in [0.1, 0.15) is 0 Å². The summed E-state index contributed by atoms with van der Waals surface area (Å²) in [5.41, 5.74) is 4.36. The molecule has 0 spiro atoms. The summed E-state index contributed by atoms with van der Waals surface area (Å²) >= 11 is 0. The van der Waals surface area contributed by atoms with E-state index in [4.69, 9.17) is 5.73 Å². The first-order valence-electron chi connectivity index (χ1n) is 6.90. The third kappa shape index (κ3) is 5.06. The summed E-state index contributed by atoms with van der Waals surface area (Å²) in [6.07, 6.45) is 3.05. The Morgan fingerprint density at radius 3 is 2.79 bits per heavy atom. The predicted molar refractivity (Wildman–Crippen MR) is 72.4 cm³/mol. The van der Waals surface area contributed by atoms with Gasteiger partial charge in [-0.15, -0.1) is 0 Å². The maximum Gasteiger partial charge on any atom is 0.314 e. The van der Waals surface area contributed by atoms with Gasteiger partial charge < -0.3 is 21.1 Å². The van der Waals surface area contributed by atoms with Crippen molar-refractivity contribution < 1.29 is 14.7 Å². The Morgan fingerprint density at radius 1 is 1.53 bits per heavy atom. The van der Waals surface area contributed by atoms with E-state index in [0.29, 0.717) is 19.5 Å². The Morgan fingerprint density at radius 2 is 2.21 bits per heavy atom. The average Bonchev–Trinajstić information content (AvgIpc) is 2.36. The minimum Gasteiger partial charge on any atom is -0.388 e. The van der Waals surface area contributed by atoms with Crippen molar-refractivity contribution in [3.8, 4) is 0 Å². The number of nitrogens with two attached hydrogens (primary N) is 1. The Bertz CT molecular complexity index is 331. The molecule has 3 amide bonds. The molecule has 0 radical (unpaired) electrons. The van der Waals surface area contributed by atoms with Gasteiger partial charge in [0, 0.05) is 19.6 Å². The van der Waals surface area contributed by atoms with E-state index < -0.39 is 11.6 Å². The van der Waals surface area contributed by atoms with Gasteiger partial charge in [-0.25, -0.2) is 4.79 Å². The van der Waals surface area contributed by atoms with Crippen LogP contribution in [0.2, 0.25) is 0 Å². The number of nitrogens with one attached hydrogen (secondary N) is 1. The van der Waals surface area contributed by atoms with Crippen LogP contribution in [0.5, 0.6) is 0 Å². The molecule has 2 unspecified atom stereocenters. The van der Waals surface area contributed by atoms with Crippen LogP contribution in [0.1, 0.15) is 39.5 Å². The van der Waals surface area contributed by atoms with Crippen molar-refractivity contribution in [1.82, 2.24) is 10.2 Å². The molecular weight excluding hydrogens is 246 g/mol. The molecule has 1 heterocycles. The minimum atomic E-state index is -0.873. The fraction of sp³-hybridized carbons (Fsp3) is 0.846. The first-order chi connectivity index (χ1) is 8.85. The molecular formula is C13H25N3O3. The first kappa shape index (κ1) is 15.8. The van der Waals surface area contributed by atoms with Crippen molar-refractivity contribution >= 4 is 11.9 Å². The van der Waals surface area contributed by atoms with Gasteiger partial charge in [-0.3, -0.25) is 4.79 Å². The molecule has 6 heteroatoms. The first-order valence-corrected chi connectivity index (χ1v) is 6.90. The van der Waals surface area contributed by atoms with Crippen molar-refractivity contribution in [2.24, 2.45) is 11.7 Å². The smallest absolute Gasteiger partial charge is 0.314 e. The second-order valence-corrected chi connectivity index (χ2v) is 5.59. The van der Waals surface area contributed by atoms with Crippen LogP contribution in [0, 0.1) is 5.92 Å². The number of primary amides is 1. The van der Waals surface area contributed by atoms with Crippen molar-refractivity contribution in [2.45, 2.75) is 45.1 Å². The molecule has 0 aliphatic carbocycles. The highest BCUT2D eigenvalue weighted by Crippen LogP contribution is 2.17. The molecule has 110 valence electrons. The zero-order chi connectivity index (χ0) is 14.5. The number of urea groups is 1. The second-order valence-electron chi connectivity index (χ2n) is 5.59. The lowest BCUT2D eigenvalue weighted by Gasteiger charge is -2.31.